The van der Waals surface area contributed by atoms with Gasteiger partial charge in [0.15, 0.2) is 0 Å². The average molecular weight is 289 g/mol. The number of hydrogen-bond acceptors (Lipinski definition) is 2. The first kappa shape index (κ1) is 16.8. The molecule has 0 aliphatic heterocycles. The van der Waals surface area contributed by atoms with Crippen LogP contribution in [0, 0.1) is 13.8 Å². The van der Waals surface area contributed by atoms with Crippen molar-refractivity contribution in [2.24, 2.45) is 0 Å². The maximum absolute atomic E-state index is 12.5. The molecule has 0 spiro atoms. The molecule has 0 bridgehead atoms. The summed E-state index contributed by atoms with van der Waals surface area (Å²) in [6.07, 6.45) is -4.93. The van der Waals surface area contributed by atoms with E-state index in [1.165, 1.54) is 0 Å². The zero-order valence-electron chi connectivity index (χ0n) is 12.4. The summed E-state index contributed by atoms with van der Waals surface area (Å²) < 4.78 is 42.7. The molecule has 0 radical (unpaired) electrons. The van der Waals surface area contributed by atoms with Crippen LogP contribution in [0.4, 0.5) is 13.2 Å². The molecule has 114 valence electrons. The molecule has 0 fully saturated rings. The van der Waals surface area contributed by atoms with Gasteiger partial charge in [-0.3, -0.25) is 0 Å². The second-order valence-electron chi connectivity index (χ2n) is 4.96. The minimum atomic E-state index is -4.14. The highest BCUT2D eigenvalue weighted by Gasteiger charge is 2.29. The predicted molar refractivity (Wildman–Crippen MR) is 74.2 cm³/mol. The van der Waals surface area contributed by atoms with Crippen LogP contribution in [0.15, 0.2) is 12.1 Å². The Hall–Kier alpha value is -1.23. The number of halogens is 3. The Morgan fingerprint density at radius 1 is 1.25 bits per heavy atom. The molecular formula is C15H22F3NO. The Morgan fingerprint density at radius 3 is 2.40 bits per heavy atom. The normalized spacial score (nSPS) is 13.3. The van der Waals surface area contributed by atoms with Gasteiger partial charge in [0, 0.05) is 18.0 Å². The molecule has 1 atom stereocenters. The summed E-state index contributed by atoms with van der Waals surface area (Å²) in [5.41, 5.74) is 2.81. The minimum absolute atomic E-state index is 0.0115. The van der Waals surface area contributed by atoms with Crippen molar-refractivity contribution < 1.29 is 17.9 Å². The van der Waals surface area contributed by atoms with Crippen LogP contribution in [0.2, 0.25) is 0 Å². The highest BCUT2D eigenvalue weighted by molar-refractivity contribution is 5.45. The zero-order valence-corrected chi connectivity index (χ0v) is 12.4. The van der Waals surface area contributed by atoms with E-state index in [0.717, 1.165) is 16.7 Å². The van der Waals surface area contributed by atoms with E-state index in [-0.39, 0.29) is 12.5 Å². The van der Waals surface area contributed by atoms with Gasteiger partial charge in [-0.2, -0.15) is 13.2 Å². The van der Waals surface area contributed by atoms with Crippen LogP contribution in [0.5, 0.6) is 5.75 Å². The van der Waals surface area contributed by atoms with Gasteiger partial charge in [-0.05, 0) is 44.0 Å². The number of ether oxygens (including phenoxy) is 1. The lowest BCUT2D eigenvalue weighted by atomic mass is 9.94. The van der Waals surface area contributed by atoms with Gasteiger partial charge in [0.05, 0.1) is 7.11 Å². The molecule has 0 saturated carbocycles. The van der Waals surface area contributed by atoms with Gasteiger partial charge in [-0.1, -0.05) is 13.0 Å². The topological polar surface area (TPSA) is 21.3 Å². The highest BCUT2D eigenvalue weighted by atomic mass is 19.4. The van der Waals surface area contributed by atoms with Gasteiger partial charge in [0.25, 0.3) is 0 Å². The monoisotopic (exact) mass is 289 g/mol. The van der Waals surface area contributed by atoms with E-state index in [0.29, 0.717) is 12.3 Å². The molecule has 0 amide bonds. The fourth-order valence-corrected chi connectivity index (χ4v) is 2.46. The van der Waals surface area contributed by atoms with E-state index in [4.69, 9.17) is 4.74 Å². The standard InChI is InChI=1S/C15H22F3NO/c1-5-19-12(6-7-15(16,17)18)14-11(3)8-10(2)9-13(14)20-4/h8-9,12,19H,5-7H2,1-4H3. The Bertz CT molecular complexity index is 443. The maximum atomic E-state index is 12.5. The first-order valence-corrected chi connectivity index (χ1v) is 6.73. The summed E-state index contributed by atoms with van der Waals surface area (Å²) in [4.78, 5) is 0. The second kappa shape index (κ2) is 6.97. The van der Waals surface area contributed by atoms with Gasteiger partial charge in [-0.15, -0.1) is 0 Å². The van der Waals surface area contributed by atoms with Crippen molar-refractivity contribution in [1.82, 2.24) is 5.32 Å². The maximum Gasteiger partial charge on any atom is 0.389 e. The third kappa shape index (κ3) is 4.71. The first-order chi connectivity index (χ1) is 9.28. The Labute approximate surface area is 118 Å². The quantitative estimate of drug-likeness (QED) is 0.842. The number of hydrogen-bond donors (Lipinski definition) is 1. The van der Waals surface area contributed by atoms with Gasteiger partial charge in [-0.25, -0.2) is 0 Å². The molecule has 1 rings (SSSR count). The third-order valence-electron chi connectivity index (χ3n) is 3.23. The molecule has 5 heteroatoms. The predicted octanol–water partition coefficient (Wildman–Crippen LogP) is 4.31. The lowest BCUT2D eigenvalue weighted by molar-refractivity contribution is -0.136. The molecular weight excluding hydrogens is 267 g/mol. The van der Waals surface area contributed by atoms with Crippen molar-refractivity contribution in [3.63, 3.8) is 0 Å². The van der Waals surface area contributed by atoms with Crippen LogP contribution < -0.4 is 10.1 Å². The van der Waals surface area contributed by atoms with E-state index in [9.17, 15) is 13.2 Å². The van der Waals surface area contributed by atoms with E-state index in [1.54, 1.807) is 7.11 Å². The summed E-state index contributed by atoms with van der Waals surface area (Å²) >= 11 is 0. The van der Waals surface area contributed by atoms with Crippen LogP contribution >= 0.6 is 0 Å². The van der Waals surface area contributed by atoms with Crippen LogP contribution in [-0.2, 0) is 0 Å². The molecule has 2 nitrogen and oxygen atoms in total. The van der Waals surface area contributed by atoms with Crippen molar-refractivity contribution in [1.29, 1.82) is 0 Å². The summed E-state index contributed by atoms with van der Waals surface area (Å²) in [5.74, 6) is 0.649. The van der Waals surface area contributed by atoms with E-state index in [1.807, 2.05) is 32.9 Å². The summed E-state index contributed by atoms with van der Waals surface area (Å²) in [6.45, 7) is 6.34. The van der Waals surface area contributed by atoms with Gasteiger partial charge in [0.1, 0.15) is 5.75 Å². The van der Waals surface area contributed by atoms with Gasteiger partial charge < -0.3 is 10.1 Å². The largest absolute Gasteiger partial charge is 0.496 e. The summed E-state index contributed by atoms with van der Waals surface area (Å²) in [5, 5.41) is 3.13. The molecule has 0 aromatic heterocycles. The molecule has 1 aromatic carbocycles. The first-order valence-electron chi connectivity index (χ1n) is 6.73. The molecule has 0 aliphatic rings. The van der Waals surface area contributed by atoms with E-state index in [2.05, 4.69) is 5.32 Å². The van der Waals surface area contributed by atoms with Crippen molar-refractivity contribution in [2.45, 2.75) is 45.8 Å². The smallest absolute Gasteiger partial charge is 0.389 e. The average Bonchev–Trinajstić information content (AvgIpc) is 2.33. The second-order valence-corrected chi connectivity index (χ2v) is 4.96. The van der Waals surface area contributed by atoms with Gasteiger partial charge in [0.2, 0.25) is 0 Å². The molecule has 1 aromatic rings. The van der Waals surface area contributed by atoms with E-state index < -0.39 is 12.6 Å². The van der Waals surface area contributed by atoms with E-state index >= 15 is 0 Å². The number of nitrogens with one attached hydrogen (secondary N) is 1. The van der Waals surface area contributed by atoms with Crippen molar-refractivity contribution in [2.75, 3.05) is 13.7 Å². The number of methoxy groups -OCH3 is 1. The molecule has 20 heavy (non-hydrogen) atoms. The summed E-state index contributed by atoms with van der Waals surface area (Å²) in [7, 11) is 1.55. The fraction of sp³-hybridized carbons (Fsp3) is 0.600. The van der Waals surface area contributed by atoms with Crippen molar-refractivity contribution in [3.05, 3.63) is 28.8 Å². The Balaban J connectivity index is 3.07. The highest BCUT2D eigenvalue weighted by Crippen LogP contribution is 2.34. The fourth-order valence-electron chi connectivity index (χ4n) is 2.46. The van der Waals surface area contributed by atoms with Crippen LogP contribution in [0.25, 0.3) is 0 Å². The molecule has 0 saturated heterocycles. The third-order valence-corrected chi connectivity index (χ3v) is 3.23. The van der Waals surface area contributed by atoms with Crippen molar-refractivity contribution >= 4 is 0 Å². The lowest BCUT2D eigenvalue weighted by Gasteiger charge is -2.24. The molecule has 1 N–H and O–H groups in total. The Kier molecular flexibility index (Phi) is 5.87. The summed E-state index contributed by atoms with van der Waals surface area (Å²) in [6, 6.07) is 3.48. The van der Waals surface area contributed by atoms with Crippen LogP contribution in [0.1, 0.15) is 42.5 Å². The Morgan fingerprint density at radius 2 is 1.90 bits per heavy atom. The number of benzene rings is 1. The lowest BCUT2D eigenvalue weighted by Crippen LogP contribution is -2.24. The van der Waals surface area contributed by atoms with Crippen LogP contribution in [0.3, 0.4) is 0 Å². The van der Waals surface area contributed by atoms with Crippen molar-refractivity contribution in [3.8, 4) is 5.75 Å². The van der Waals surface area contributed by atoms with Gasteiger partial charge >= 0.3 is 6.18 Å². The zero-order chi connectivity index (χ0) is 15.3. The number of rotatable bonds is 6. The molecule has 0 heterocycles. The molecule has 0 aliphatic carbocycles. The minimum Gasteiger partial charge on any atom is -0.496 e. The SMILES string of the molecule is CCNC(CCC(F)(F)F)c1c(C)cc(C)cc1OC. The number of alkyl halides is 3. The van der Waals surface area contributed by atoms with Crippen LogP contribution in [-0.4, -0.2) is 19.8 Å². The molecule has 1 unspecified atom stereocenters. The number of aryl methyl sites for hydroxylation is 2.